The van der Waals surface area contributed by atoms with E-state index in [2.05, 4.69) is 4.98 Å². The third kappa shape index (κ3) is 2.56. The first kappa shape index (κ1) is 11.0. The fraction of sp³-hybridized carbons (Fsp3) is 0.0909. The van der Waals surface area contributed by atoms with Crippen molar-refractivity contribution in [1.29, 1.82) is 0 Å². The number of hydrogen-bond acceptors (Lipinski definition) is 4. The SMILES string of the molecule is NC(=S)c1ccccc1OCc1cncs1. The first-order valence-corrected chi connectivity index (χ1v) is 5.95. The van der Waals surface area contributed by atoms with Crippen LogP contribution in [0.25, 0.3) is 0 Å². The van der Waals surface area contributed by atoms with Crippen LogP contribution in [0.3, 0.4) is 0 Å². The summed E-state index contributed by atoms with van der Waals surface area (Å²) >= 11 is 6.51. The number of hydrogen-bond donors (Lipinski definition) is 1. The van der Waals surface area contributed by atoms with Gasteiger partial charge in [-0.25, -0.2) is 0 Å². The predicted octanol–water partition coefficient (Wildman–Crippen LogP) is 2.36. The van der Waals surface area contributed by atoms with E-state index in [-0.39, 0.29) is 0 Å². The molecule has 0 spiro atoms. The van der Waals surface area contributed by atoms with E-state index in [4.69, 9.17) is 22.7 Å². The van der Waals surface area contributed by atoms with Gasteiger partial charge < -0.3 is 10.5 Å². The Hall–Kier alpha value is -1.46. The maximum atomic E-state index is 5.65. The van der Waals surface area contributed by atoms with Crippen molar-refractivity contribution in [1.82, 2.24) is 4.98 Å². The van der Waals surface area contributed by atoms with Gasteiger partial charge in [-0.2, -0.15) is 0 Å². The van der Waals surface area contributed by atoms with E-state index in [0.29, 0.717) is 17.3 Å². The molecule has 0 aliphatic rings. The van der Waals surface area contributed by atoms with Gasteiger partial charge in [-0.1, -0.05) is 24.4 Å². The minimum atomic E-state index is 0.347. The molecule has 1 aromatic carbocycles. The molecule has 0 fully saturated rings. The number of aromatic nitrogens is 1. The molecule has 0 aliphatic heterocycles. The van der Waals surface area contributed by atoms with Crippen LogP contribution < -0.4 is 10.5 Å². The second-order valence-corrected chi connectivity index (χ2v) is 4.53. The van der Waals surface area contributed by atoms with Gasteiger partial charge in [0.1, 0.15) is 17.3 Å². The lowest BCUT2D eigenvalue weighted by atomic mass is 10.2. The predicted molar refractivity (Wildman–Crippen MR) is 68.8 cm³/mol. The van der Waals surface area contributed by atoms with Crippen LogP contribution in [0.2, 0.25) is 0 Å². The first-order valence-electron chi connectivity index (χ1n) is 4.66. The molecule has 0 saturated heterocycles. The second-order valence-electron chi connectivity index (χ2n) is 3.12. The maximum Gasteiger partial charge on any atom is 0.130 e. The summed E-state index contributed by atoms with van der Waals surface area (Å²) in [5.41, 5.74) is 8.15. The topological polar surface area (TPSA) is 48.1 Å². The normalized spacial score (nSPS) is 10.0. The molecular formula is C11H10N2OS2. The lowest BCUT2D eigenvalue weighted by Gasteiger charge is -2.08. The Kier molecular flexibility index (Phi) is 3.48. The molecule has 0 saturated carbocycles. The Labute approximate surface area is 103 Å². The average molecular weight is 250 g/mol. The highest BCUT2D eigenvalue weighted by molar-refractivity contribution is 7.80. The number of thiazole rings is 1. The highest BCUT2D eigenvalue weighted by Gasteiger charge is 2.05. The number of nitrogens with two attached hydrogens (primary N) is 1. The quantitative estimate of drug-likeness (QED) is 0.846. The van der Waals surface area contributed by atoms with Gasteiger partial charge in [0, 0.05) is 6.20 Å². The summed E-state index contributed by atoms with van der Waals surface area (Å²) in [7, 11) is 0. The Morgan fingerprint density at radius 3 is 2.94 bits per heavy atom. The van der Waals surface area contributed by atoms with Crippen LogP contribution in [-0.2, 0) is 6.61 Å². The van der Waals surface area contributed by atoms with Crippen LogP contribution in [0.5, 0.6) is 5.75 Å². The molecule has 1 aromatic heterocycles. The van der Waals surface area contributed by atoms with Crippen LogP contribution in [0.4, 0.5) is 0 Å². The zero-order chi connectivity index (χ0) is 11.4. The van der Waals surface area contributed by atoms with Crippen molar-refractivity contribution in [2.45, 2.75) is 6.61 Å². The molecule has 1 heterocycles. The molecule has 2 rings (SSSR count). The van der Waals surface area contributed by atoms with E-state index >= 15 is 0 Å². The van der Waals surface area contributed by atoms with Crippen LogP contribution >= 0.6 is 23.6 Å². The smallest absolute Gasteiger partial charge is 0.130 e. The van der Waals surface area contributed by atoms with Gasteiger partial charge >= 0.3 is 0 Å². The molecule has 0 radical (unpaired) electrons. The fourth-order valence-electron chi connectivity index (χ4n) is 1.26. The Morgan fingerprint density at radius 2 is 2.25 bits per heavy atom. The van der Waals surface area contributed by atoms with E-state index < -0.39 is 0 Å². The maximum absolute atomic E-state index is 5.65. The highest BCUT2D eigenvalue weighted by atomic mass is 32.1. The Morgan fingerprint density at radius 1 is 1.44 bits per heavy atom. The summed E-state index contributed by atoms with van der Waals surface area (Å²) in [5, 5.41) is 0. The number of ether oxygens (including phenoxy) is 1. The summed E-state index contributed by atoms with van der Waals surface area (Å²) in [5.74, 6) is 0.711. The molecule has 0 bridgehead atoms. The molecule has 5 heteroatoms. The van der Waals surface area contributed by atoms with Crippen molar-refractivity contribution in [3.63, 3.8) is 0 Å². The van der Waals surface area contributed by atoms with Gasteiger partial charge in [-0.15, -0.1) is 11.3 Å². The van der Waals surface area contributed by atoms with Gasteiger partial charge in [-0.05, 0) is 12.1 Å². The van der Waals surface area contributed by atoms with Crippen molar-refractivity contribution in [2.24, 2.45) is 5.73 Å². The molecule has 3 nitrogen and oxygen atoms in total. The number of nitrogens with zero attached hydrogens (tertiary/aromatic N) is 1. The fourth-order valence-corrected chi connectivity index (χ4v) is 1.93. The first-order chi connectivity index (χ1) is 7.77. The lowest BCUT2D eigenvalue weighted by molar-refractivity contribution is 0.309. The zero-order valence-corrected chi connectivity index (χ0v) is 10.1. The Bertz CT molecular complexity index is 482. The lowest BCUT2D eigenvalue weighted by Crippen LogP contribution is -2.11. The molecule has 2 N–H and O–H groups in total. The van der Waals surface area contributed by atoms with Crippen molar-refractivity contribution < 1.29 is 4.74 Å². The van der Waals surface area contributed by atoms with E-state index in [1.54, 1.807) is 23.0 Å². The highest BCUT2D eigenvalue weighted by Crippen LogP contribution is 2.19. The third-order valence-electron chi connectivity index (χ3n) is 2.01. The molecule has 82 valence electrons. The van der Waals surface area contributed by atoms with Gasteiger partial charge in [-0.3, -0.25) is 4.98 Å². The third-order valence-corrected chi connectivity index (χ3v) is 2.98. The molecule has 2 aromatic rings. The summed E-state index contributed by atoms with van der Waals surface area (Å²) in [6, 6.07) is 7.48. The van der Waals surface area contributed by atoms with Crippen LogP contribution in [-0.4, -0.2) is 9.97 Å². The summed E-state index contributed by atoms with van der Waals surface area (Å²) < 4.78 is 5.65. The number of rotatable bonds is 4. The largest absolute Gasteiger partial charge is 0.487 e. The molecule has 0 amide bonds. The van der Waals surface area contributed by atoms with E-state index in [1.165, 1.54) is 0 Å². The van der Waals surface area contributed by atoms with Crippen molar-refractivity contribution in [3.8, 4) is 5.75 Å². The molecular weight excluding hydrogens is 240 g/mol. The van der Waals surface area contributed by atoms with E-state index in [9.17, 15) is 0 Å². The van der Waals surface area contributed by atoms with Gasteiger partial charge in [0.15, 0.2) is 0 Å². The monoisotopic (exact) mass is 250 g/mol. The van der Waals surface area contributed by atoms with E-state index in [0.717, 1.165) is 10.4 Å². The van der Waals surface area contributed by atoms with Gasteiger partial charge in [0.05, 0.1) is 16.0 Å². The number of para-hydroxylation sites is 1. The van der Waals surface area contributed by atoms with Crippen molar-refractivity contribution in [3.05, 3.63) is 46.4 Å². The Balaban J connectivity index is 2.12. The zero-order valence-electron chi connectivity index (χ0n) is 8.42. The molecule has 0 aliphatic carbocycles. The summed E-state index contributed by atoms with van der Waals surface area (Å²) in [4.78, 5) is 5.39. The average Bonchev–Trinajstić information content (AvgIpc) is 2.79. The van der Waals surface area contributed by atoms with Crippen molar-refractivity contribution >= 4 is 28.5 Å². The number of benzene rings is 1. The van der Waals surface area contributed by atoms with Crippen LogP contribution in [0, 0.1) is 0 Å². The molecule has 0 atom stereocenters. The summed E-state index contributed by atoms with van der Waals surface area (Å²) in [6.45, 7) is 0.490. The molecule has 16 heavy (non-hydrogen) atoms. The molecule has 0 unspecified atom stereocenters. The van der Waals surface area contributed by atoms with Gasteiger partial charge in [0.25, 0.3) is 0 Å². The van der Waals surface area contributed by atoms with Crippen molar-refractivity contribution in [2.75, 3.05) is 0 Å². The standard InChI is InChI=1S/C11H10N2OS2/c12-11(15)9-3-1-2-4-10(9)14-6-8-5-13-7-16-8/h1-5,7H,6H2,(H2,12,15). The minimum Gasteiger partial charge on any atom is -0.487 e. The minimum absolute atomic E-state index is 0.347. The van der Waals surface area contributed by atoms with E-state index in [1.807, 2.05) is 24.3 Å². The van der Waals surface area contributed by atoms with Gasteiger partial charge in [0.2, 0.25) is 0 Å². The second kappa shape index (κ2) is 5.05. The van der Waals surface area contributed by atoms with Crippen LogP contribution in [0.1, 0.15) is 10.4 Å². The van der Waals surface area contributed by atoms with Crippen LogP contribution in [0.15, 0.2) is 36.0 Å². The number of thiocarbonyl (C=S) groups is 1. The summed E-state index contributed by atoms with van der Waals surface area (Å²) in [6.07, 6.45) is 1.79.